The number of morpholine rings is 1. The van der Waals surface area contributed by atoms with Gasteiger partial charge in [0.2, 0.25) is 0 Å². The van der Waals surface area contributed by atoms with E-state index in [2.05, 4.69) is 25.1 Å². The largest absolute Gasteiger partial charge is 0.497 e. The predicted octanol–water partition coefficient (Wildman–Crippen LogP) is 5.57. The summed E-state index contributed by atoms with van der Waals surface area (Å²) >= 11 is 0. The van der Waals surface area contributed by atoms with Gasteiger partial charge in [-0.2, -0.15) is 0 Å². The lowest BCUT2D eigenvalue weighted by Gasteiger charge is -2.36. The Morgan fingerprint density at radius 2 is 1.85 bits per heavy atom. The van der Waals surface area contributed by atoms with Gasteiger partial charge in [-0.3, -0.25) is 14.6 Å². The van der Waals surface area contributed by atoms with E-state index in [0.717, 1.165) is 87.7 Å². The molecule has 1 aromatic rings. The first-order valence-corrected chi connectivity index (χ1v) is 15.0. The molecule has 7 nitrogen and oxygen atoms in total. The van der Waals surface area contributed by atoms with Crippen molar-refractivity contribution in [3.8, 4) is 5.75 Å². The van der Waals surface area contributed by atoms with E-state index in [1.165, 1.54) is 5.56 Å². The number of allylic oxidation sites excluding steroid dienone is 1. The highest BCUT2D eigenvalue weighted by molar-refractivity contribution is 6.09. The number of Topliss-reactive ketones (excluding diaryl/α,β-unsaturated/α-hetero) is 1. The Bertz CT molecular complexity index is 1070. The standard InChI is InChI=1S/C32H47N3O4/c1-4-26-21-35(20-22(2)39-26)32(37)31(33)28-16-9-17-29(28)34-19-30(36)24-11-6-5-10-23(12-7-13-24)25-14-8-15-27(18-25)38-3/h8,14-15,18,22-24,26H,4-7,9-13,16-17,19-21,33H2,1-3H3/b31-28-,34-29?/t22-,23?,24?,26+/m1/s1. The predicted molar refractivity (Wildman–Crippen MR) is 155 cm³/mol. The molecule has 4 rings (SSSR count). The summed E-state index contributed by atoms with van der Waals surface area (Å²) in [4.78, 5) is 33.1. The number of amides is 1. The van der Waals surface area contributed by atoms with Crippen LogP contribution in [0.5, 0.6) is 5.75 Å². The Morgan fingerprint density at radius 3 is 2.64 bits per heavy atom. The van der Waals surface area contributed by atoms with Crippen LogP contribution >= 0.6 is 0 Å². The first-order valence-electron chi connectivity index (χ1n) is 15.0. The van der Waals surface area contributed by atoms with Crippen LogP contribution in [0.15, 0.2) is 40.5 Å². The van der Waals surface area contributed by atoms with E-state index in [4.69, 9.17) is 20.2 Å². The number of carbonyl (C=O) groups excluding carboxylic acids is 2. The molecule has 0 spiro atoms. The zero-order valence-electron chi connectivity index (χ0n) is 24.1. The number of nitrogens with two attached hydrogens (primary N) is 1. The number of hydrogen-bond acceptors (Lipinski definition) is 6. The third-order valence-electron chi connectivity index (χ3n) is 8.72. The Hall–Kier alpha value is -2.67. The SMILES string of the molecule is CC[C@H]1CN(C(=O)/C(N)=C2\CCCC2=NCC(=O)C2CCCCC(c3cccc(OC)c3)CCC2)C[C@@H](C)O1. The van der Waals surface area contributed by atoms with Crippen molar-refractivity contribution in [1.29, 1.82) is 0 Å². The number of benzene rings is 1. The van der Waals surface area contributed by atoms with Crippen molar-refractivity contribution in [2.45, 2.75) is 103 Å². The summed E-state index contributed by atoms with van der Waals surface area (Å²) in [7, 11) is 1.71. The first kappa shape index (κ1) is 29.3. The van der Waals surface area contributed by atoms with Crippen LogP contribution in [0.4, 0.5) is 0 Å². The zero-order valence-corrected chi connectivity index (χ0v) is 24.1. The summed E-state index contributed by atoms with van der Waals surface area (Å²) in [5.74, 6) is 1.59. The highest BCUT2D eigenvalue weighted by Crippen LogP contribution is 2.34. The third kappa shape index (κ3) is 7.71. The number of rotatable bonds is 7. The molecule has 2 unspecified atom stereocenters. The topological polar surface area (TPSA) is 94.2 Å². The highest BCUT2D eigenvalue weighted by Gasteiger charge is 2.31. The minimum Gasteiger partial charge on any atom is -0.497 e. The average molecular weight is 538 g/mol. The van der Waals surface area contributed by atoms with Gasteiger partial charge in [0.15, 0.2) is 5.78 Å². The van der Waals surface area contributed by atoms with Gasteiger partial charge in [0, 0.05) is 30.3 Å². The van der Waals surface area contributed by atoms with Crippen molar-refractivity contribution in [2.75, 3.05) is 26.7 Å². The molecule has 0 radical (unpaired) electrons. The van der Waals surface area contributed by atoms with E-state index in [9.17, 15) is 9.59 Å². The number of carbonyl (C=O) groups is 2. The second kappa shape index (κ2) is 14.1. The van der Waals surface area contributed by atoms with Crippen molar-refractivity contribution in [2.24, 2.45) is 16.6 Å². The lowest BCUT2D eigenvalue weighted by Crippen LogP contribution is -2.50. The van der Waals surface area contributed by atoms with Crippen LogP contribution in [0.2, 0.25) is 0 Å². The number of nitrogens with zero attached hydrogens (tertiary/aromatic N) is 2. The molecule has 2 aliphatic carbocycles. The van der Waals surface area contributed by atoms with Gasteiger partial charge < -0.3 is 20.1 Å². The molecule has 0 bridgehead atoms. The fourth-order valence-corrected chi connectivity index (χ4v) is 6.46. The number of methoxy groups -OCH3 is 1. The minimum atomic E-state index is -0.124. The fraction of sp³-hybridized carbons (Fsp3) is 0.656. The molecular weight excluding hydrogens is 490 g/mol. The van der Waals surface area contributed by atoms with E-state index < -0.39 is 0 Å². The maximum absolute atomic E-state index is 13.3. The zero-order chi connectivity index (χ0) is 27.8. The van der Waals surface area contributed by atoms with Crippen LogP contribution in [0.25, 0.3) is 0 Å². The summed E-state index contributed by atoms with van der Waals surface area (Å²) in [6, 6.07) is 8.43. The maximum atomic E-state index is 13.3. The molecule has 2 saturated carbocycles. The molecule has 1 heterocycles. The molecule has 214 valence electrons. The Balaban J connectivity index is 1.36. The molecule has 0 aromatic heterocycles. The number of ketones is 1. The quantitative estimate of drug-likeness (QED) is 0.459. The summed E-state index contributed by atoms with van der Waals surface area (Å²) < 4.78 is 11.3. The molecule has 1 aliphatic heterocycles. The molecule has 1 saturated heterocycles. The summed E-state index contributed by atoms with van der Waals surface area (Å²) in [6.45, 7) is 5.38. The van der Waals surface area contributed by atoms with E-state index in [1.54, 1.807) is 7.11 Å². The smallest absolute Gasteiger partial charge is 0.270 e. The molecular formula is C32H47N3O4. The van der Waals surface area contributed by atoms with Gasteiger partial charge in [0.05, 0.1) is 25.9 Å². The summed E-state index contributed by atoms with van der Waals surface area (Å²) in [5.41, 5.74) is 9.77. The van der Waals surface area contributed by atoms with E-state index >= 15 is 0 Å². The molecule has 1 aromatic carbocycles. The van der Waals surface area contributed by atoms with Crippen LogP contribution in [0.1, 0.15) is 96.0 Å². The monoisotopic (exact) mass is 537 g/mol. The molecule has 2 N–H and O–H groups in total. The van der Waals surface area contributed by atoms with E-state index in [1.807, 2.05) is 17.9 Å². The summed E-state index contributed by atoms with van der Waals surface area (Å²) in [6.07, 6.45) is 10.7. The van der Waals surface area contributed by atoms with Crippen molar-refractivity contribution in [1.82, 2.24) is 4.90 Å². The molecule has 3 aliphatic rings. The molecule has 1 amide bonds. The van der Waals surface area contributed by atoms with Gasteiger partial charge in [-0.15, -0.1) is 0 Å². The van der Waals surface area contributed by atoms with Gasteiger partial charge in [-0.25, -0.2) is 0 Å². The van der Waals surface area contributed by atoms with Crippen molar-refractivity contribution in [3.05, 3.63) is 41.1 Å². The van der Waals surface area contributed by atoms with Gasteiger partial charge in [-0.05, 0) is 81.9 Å². The third-order valence-corrected chi connectivity index (χ3v) is 8.72. The number of hydrogen-bond donors (Lipinski definition) is 1. The van der Waals surface area contributed by atoms with Crippen LogP contribution in [0, 0.1) is 5.92 Å². The Morgan fingerprint density at radius 1 is 1.08 bits per heavy atom. The first-order chi connectivity index (χ1) is 18.9. The van der Waals surface area contributed by atoms with Gasteiger partial charge in [0.25, 0.3) is 5.91 Å². The Kier molecular flexibility index (Phi) is 10.6. The van der Waals surface area contributed by atoms with Gasteiger partial charge >= 0.3 is 0 Å². The molecule has 4 atom stereocenters. The number of aliphatic imine (C=N–C) groups is 1. The van der Waals surface area contributed by atoms with Crippen LogP contribution in [-0.4, -0.2) is 61.3 Å². The normalized spacial score (nSPS) is 28.9. The van der Waals surface area contributed by atoms with Crippen LogP contribution in [0.3, 0.4) is 0 Å². The second-order valence-corrected chi connectivity index (χ2v) is 11.5. The van der Waals surface area contributed by atoms with Crippen molar-refractivity contribution in [3.63, 3.8) is 0 Å². The lowest BCUT2D eigenvalue weighted by atomic mass is 9.89. The van der Waals surface area contributed by atoms with Crippen LogP contribution < -0.4 is 10.5 Å². The van der Waals surface area contributed by atoms with Gasteiger partial charge in [-0.1, -0.05) is 38.3 Å². The van der Waals surface area contributed by atoms with E-state index in [-0.39, 0.29) is 36.4 Å². The second-order valence-electron chi connectivity index (χ2n) is 11.5. The number of ether oxygens (including phenoxy) is 2. The van der Waals surface area contributed by atoms with Gasteiger partial charge in [0.1, 0.15) is 11.4 Å². The van der Waals surface area contributed by atoms with E-state index in [0.29, 0.717) is 24.7 Å². The molecule has 39 heavy (non-hydrogen) atoms. The van der Waals surface area contributed by atoms with Crippen molar-refractivity contribution < 1.29 is 19.1 Å². The summed E-state index contributed by atoms with van der Waals surface area (Å²) in [5, 5.41) is 0. The fourth-order valence-electron chi connectivity index (χ4n) is 6.46. The van der Waals surface area contributed by atoms with Crippen LogP contribution in [-0.2, 0) is 14.3 Å². The molecule has 3 fully saturated rings. The average Bonchev–Trinajstić information content (AvgIpc) is 3.47. The molecule has 7 heteroatoms. The Labute approximate surface area is 234 Å². The maximum Gasteiger partial charge on any atom is 0.270 e. The lowest BCUT2D eigenvalue weighted by molar-refractivity contribution is -0.140. The minimum absolute atomic E-state index is 0.00133. The highest BCUT2D eigenvalue weighted by atomic mass is 16.5. The van der Waals surface area contributed by atoms with Crippen molar-refractivity contribution >= 4 is 17.4 Å².